The van der Waals surface area contributed by atoms with E-state index >= 15 is 0 Å². The van der Waals surface area contributed by atoms with Crippen molar-refractivity contribution in [2.24, 2.45) is 35.0 Å². The lowest BCUT2D eigenvalue weighted by Gasteiger charge is -2.43. The predicted octanol–water partition coefficient (Wildman–Crippen LogP) is 4.74. The molecule has 5 atom stereocenters. The van der Waals surface area contributed by atoms with Crippen molar-refractivity contribution in [2.45, 2.75) is 60.3 Å². The molecule has 2 rings (SSSR count). The highest BCUT2D eigenvalue weighted by molar-refractivity contribution is 5.01. The van der Waals surface area contributed by atoms with Crippen LogP contribution in [-0.4, -0.2) is 0 Å². The van der Waals surface area contributed by atoms with E-state index in [-0.39, 0.29) is 0 Å². The minimum Gasteiger partial charge on any atom is -0.0651 e. The van der Waals surface area contributed by atoms with Gasteiger partial charge >= 0.3 is 0 Å². The number of fused-ring (bicyclic) bond motifs is 2. The topological polar surface area (TPSA) is 0 Å². The molecule has 5 unspecified atom stereocenters. The van der Waals surface area contributed by atoms with Gasteiger partial charge in [0.1, 0.15) is 0 Å². The lowest BCUT2D eigenvalue weighted by molar-refractivity contribution is 0.0599. The second kappa shape index (κ2) is 3.79. The fraction of sp³-hybridized carbons (Fsp3) is 1.00. The van der Waals surface area contributed by atoms with Crippen molar-refractivity contribution in [1.82, 2.24) is 0 Å². The van der Waals surface area contributed by atoms with E-state index in [1.807, 2.05) is 0 Å². The number of rotatable bonds is 2. The van der Waals surface area contributed by atoms with Crippen LogP contribution >= 0.6 is 0 Å². The largest absolute Gasteiger partial charge is 0.0651 e. The molecule has 0 saturated heterocycles. The Kier molecular flexibility index (Phi) is 2.90. The Hall–Kier alpha value is 0. The molecular formula is C15H28. The van der Waals surface area contributed by atoms with Gasteiger partial charge in [-0.15, -0.1) is 0 Å². The molecule has 2 fully saturated rings. The molecule has 0 aromatic heterocycles. The van der Waals surface area contributed by atoms with Gasteiger partial charge in [-0.05, 0) is 54.3 Å². The number of hydrogen-bond donors (Lipinski definition) is 0. The van der Waals surface area contributed by atoms with Crippen LogP contribution in [0.5, 0.6) is 0 Å². The zero-order valence-corrected chi connectivity index (χ0v) is 11.2. The van der Waals surface area contributed by atoms with Crippen molar-refractivity contribution < 1.29 is 0 Å². The minimum absolute atomic E-state index is 0.536. The third-order valence-electron chi connectivity index (χ3n) is 5.28. The van der Waals surface area contributed by atoms with E-state index in [1.165, 1.54) is 19.3 Å². The molecule has 0 spiro atoms. The van der Waals surface area contributed by atoms with Gasteiger partial charge in [0.25, 0.3) is 0 Å². The van der Waals surface area contributed by atoms with Gasteiger partial charge in [0.15, 0.2) is 0 Å². The highest BCUT2D eigenvalue weighted by Crippen LogP contribution is 2.60. The molecule has 2 aliphatic carbocycles. The Morgan fingerprint density at radius 1 is 1.13 bits per heavy atom. The molecule has 2 bridgehead atoms. The SMILES string of the molecule is CCC(C)C1C2CCC(C2)C1C(C)(C)C. The molecule has 0 radical (unpaired) electrons. The highest BCUT2D eigenvalue weighted by Gasteiger charge is 2.52. The fourth-order valence-electron chi connectivity index (χ4n) is 4.71. The summed E-state index contributed by atoms with van der Waals surface area (Å²) in [6.07, 6.45) is 5.99. The summed E-state index contributed by atoms with van der Waals surface area (Å²) >= 11 is 0. The monoisotopic (exact) mass is 208 g/mol. The Balaban J connectivity index is 2.20. The fourth-order valence-corrected chi connectivity index (χ4v) is 4.71. The average Bonchev–Trinajstić information content (AvgIpc) is 2.73. The smallest absolute Gasteiger partial charge is 0.0303 e. The lowest BCUT2D eigenvalue weighted by Crippen LogP contribution is -2.36. The normalized spacial score (nSPS) is 42.2. The molecular weight excluding hydrogens is 180 g/mol. The summed E-state index contributed by atoms with van der Waals surface area (Å²) in [6.45, 7) is 12.3. The molecule has 0 heterocycles. The van der Waals surface area contributed by atoms with Crippen molar-refractivity contribution in [3.8, 4) is 0 Å². The van der Waals surface area contributed by atoms with Gasteiger partial charge in [-0.1, -0.05) is 41.0 Å². The van der Waals surface area contributed by atoms with Crippen LogP contribution < -0.4 is 0 Å². The summed E-state index contributed by atoms with van der Waals surface area (Å²) in [5.41, 5.74) is 0.536. The molecule has 2 saturated carbocycles. The van der Waals surface area contributed by atoms with Crippen LogP contribution in [0.15, 0.2) is 0 Å². The van der Waals surface area contributed by atoms with Gasteiger partial charge in [-0.2, -0.15) is 0 Å². The van der Waals surface area contributed by atoms with Crippen LogP contribution in [0.2, 0.25) is 0 Å². The first kappa shape index (κ1) is 11.5. The van der Waals surface area contributed by atoms with Gasteiger partial charge in [-0.3, -0.25) is 0 Å². The molecule has 0 aromatic rings. The molecule has 0 amide bonds. The molecule has 0 N–H and O–H groups in total. The van der Waals surface area contributed by atoms with E-state index in [0.29, 0.717) is 5.41 Å². The molecule has 0 heteroatoms. The Morgan fingerprint density at radius 3 is 2.27 bits per heavy atom. The van der Waals surface area contributed by atoms with Crippen molar-refractivity contribution >= 4 is 0 Å². The van der Waals surface area contributed by atoms with Crippen molar-refractivity contribution in [3.63, 3.8) is 0 Å². The predicted molar refractivity (Wildman–Crippen MR) is 66.7 cm³/mol. The zero-order chi connectivity index (χ0) is 11.2. The third-order valence-corrected chi connectivity index (χ3v) is 5.28. The summed E-state index contributed by atoms with van der Waals surface area (Å²) in [6, 6.07) is 0. The van der Waals surface area contributed by atoms with E-state index in [9.17, 15) is 0 Å². The maximum atomic E-state index is 2.49. The van der Waals surface area contributed by atoms with Gasteiger partial charge in [0, 0.05) is 0 Å². The Bertz CT molecular complexity index is 223. The van der Waals surface area contributed by atoms with Crippen LogP contribution in [-0.2, 0) is 0 Å². The van der Waals surface area contributed by atoms with Crippen LogP contribution in [0, 0.1) is 35.0 Å². The summed E-state index contributed by atoms with van der Waals surface area (Å²) in [5, 5.41) is 0. The maximum Gasteiger partial charge on any atom is -0.0303 e. The van der Waals surface area contributed by atoms with Crippen LogP contribution in [0.25, 0.3) is 0 Å². The first-order valence-electron chi connectivity index (χ1n) is 6.95. The molecule has 88 valence electrons. The van der Waals surface area contributed by atoms with Gasteiger partial charge in [0.2, 0.25) is 0 Å². The quantitative estimate of drug-likeness (QED) is 0.615. The van der Waals surface area contributed by atoms with E-state index in [4.69, 9.17) is 0 Å². The first-order chi connectivity index (χ1) is 6.95. The average molecular weight is 208 g/mol. The summed E-state index contributed by atoms with van der Waals surface area (Å²) in [5.74, 6) is 5.13. The van der Waals surface area contributed by atoms with E-state index in [1.54, 1.807) is 6.42 Å². The van der Waals surface area contributed by atoms with Gasteiger partial charge < -0.3 is 0 Å². The van der Waals surface area contributed by atoms with Crippen LogP contribution in [0.4, 0.5) is 0 Å². The molecule has 0 aromatic carbocycles. The van der Waals surface area contributed by atoms with Crippen LogP contribution in [0.3, 0.4) is 0 Å². The van der Waals surface area contributed by atoms with E-state index in [2.05, 4.69) is 34.6 Å². The van der Waals surface area contributed by atoms with Crippen molar-refractivity contribution in [1.29, 1.82) is 0 Å². The van der Waals surface area contributed by atoms with Gasteiger partial charge in [-0.25, -0.2) is 0 Å². The standard InChI is InChI=1S/C15H28/c1-6-10(2)13-11-7-8-12(9-11)14(13)15(3,4)5/h10-14H,6-9H2,1-5H3. The first-order valence-corrected chi connectivity index (χ1v) is 6.95. The molecule has 2 aliphatic rings. The Labute approximate surface area is 95.8 Å². The number of hydrogen-bond acceptors (Lipinski definition) is 0. The second-order valence-corrected chi connectivity index (χ2v) is 7.19. The molecule has 0 nitrogen and oxygen atoms in total. The summed E-state index contributed by atoms with van der Waals surface area (Å²) in [7, 11) is 0. The summed E-state index contributed by atoms with van der Waals surface area (Å²) < 4.78 is 0. The highest BCUT2D eigenvalue weighted by atomic mass is 14.6. The maximum absolute atomic E-state index is 2.49. The minimum atomic E-state index is 0.536. The van der Waals surface area contributed by atoms with E-state index < -0.39 is 0 Å². The lowest BCUT2D eigenvalue weighted by atomic mass is 9.62. The molecule has 15 heavy (non-hydrogen) atoms. The van der Waals surface area contributed by atoms with Crippen molar-refractivity contribution in [3.05, 3.63) is 0 Å². The summed E-state index contributed by atoms with van der Waals surface area (Å²) in [4.78, 5) is 0. The van der Waals surface area contributed by atoms with Crippen LogP contribution in [0.1, 0.15) is 60.3 Å². The zero-order valence-electron chi connectivity index (χ0n) is 11.2. The van der Waals surface area contributed by atoms with Gasteiger partial charge in [0.05, 0.1) is 0 Å². The van der Waals surface area contributed by atoms with Crippen molar-refractivity contribution in [2.75, 3.05) is 0 Å². The second-order valence-electron chi connectivity index (χ2n) is 7.19. The third kappa shape index (κ3) is 1.85. The Morgan fingerprint density at radius 2 is 1.73 bits per heavy atom. The van der Waals surface area contributed by atoms with E-state index in [0.717, 1.165) is 29.6 Å². The molecule has 0 aliphatic heterocycles.